The monoisotopic (exact) mass is 359 g/mol. The standard InChI is InChI=1S/C20H21N7/c1-2-15(1)17-3-5-19(25-23-17)22-11-14-12-27(13-14)20-6-4-18(24-26-20)16-7-9-21-10-8-16/h3-10,14-15H,1-2,11-13H2,(H,22,25). The van der Waals surface area contributed by atoms with Crippen LogP contribution in [0.1, 0.15) is 24.5 Å². The van der Waals surface area contributed by atoms with Gasteiger partial charge in [-0.05, 0) is 49.2 Å². The Bertz CT molecular complexity index is 886. The summed E-state index contributed by atoms with van der Waals surface area (Å²) >= 11 is 0. The lowest BCUT2D eigenvalue weighted by Crippen LogP contribution is -2.50. The SMILES string of the molecule is c1cc(-c2ccc(N3CC(CNc4ccc(C5CC5)nn4)C3)nn2)ccn1. The van der Waals surface area contributed by atoms with E-state index in [1.807, 2.05) is 30.3 Å². The maximum absolute atomic E-state index is 4.37. The summed E-state index contributed by atoms with van der Waals surface area (Å²) < 4.78 is 0. The molecule has 5 rings (SSSR count). The van der Waals surface area contributed by atoms with E-state index in [2.05, 4.69) is 41.7 Å². The molecule has 0 atom stereocenters. The second-order valence-corrected chi connectivity index (χ2v) is 7.28. The van der Waals surface area contributed by atoms with Gasteiger partial charge in [-0.1, -0.05) is 0 Å². The maximum atomic E-state index is 4.37. The van der Waals surface area contributed by atoms with E-state index in [0.717, 1.165) is 48.2 Å². The Kier molecular flexibility index (Phi) is 4.12. The zero-order valence-corrected chi connectivity index (χ0v) is 15.0. The second-order valence-electron chi connectivity index (χ2n) is 7.28. The minimum Gasteiger partial charge on any atom is -0.368 e. The molecule has 0 aromatic carbocycles. The first-order chi connectivity index (χ1) is 13.3. The van der Waals surface area contributed by atoms with Crippen LogP contribution in [-0.2, 0) is 0 Å². The molecule has 3 aromatic heterocycles. The minimum absolute atomic E-state index is 0.580. The summed E-state index contributed by atoms with van der Waals surface area (Å²) in [6.45, 7) is 2.85. The summed E-state index contributed by atoms with van der Waals surface area (Å²) in [5.41, 5.74) is 3.03. The molecule has 0 radical (unpaired) electrons. The summed E-state index contributed by atoms with van der Waals surface area (Å²) in [5.74, 6) is 3.02. The molecular weight excluding hydrogens is 338 g/mol. The van der Waals surface area contributed by atoms with Gasteiger partial charge < -0.3 is 10.2 Å². The van der Waals surface area contributed by atoms with Gasteiger partial charge in [-0.15, -0.1) is 15.3 Å². The zero-order chi connectivity index (χ0) is 18.1. The molecule has 0 amide bonds. The smallest absolute Gasteiger partial charge is 0.151 e. The predicted octanol–water partition coefficient (Wildman–Crippen LogP) is 2.75. The number of rotatable bonds is 6. The molecule has 4 heterocycles. The third kappa shape index (κ3) is 3.58. The van der Waals surface area contributed by atoms with Crippen molar-refractivity contribution in [3.63, 3.8) is 0 Å². The van der Waals surface area contributed by atoms with Gasteiger partial charge in [0, 0.05) is 49.4 Å². The number of aromatic nitrogens is 5. The zero-order valence-electron chi connectivity index (χ0n) is 15.0. The van der Waals surface area contributed by atoms with Crippen molar-refractivity contribution in [2.75, 3.05) is 29.9 Å². The molecule has 0 unspecified atom stereocenters. The predicted molar refractivity (Wildman–Crippen MR) is 103 cm³/mol. The van der Waals surface area contributed by atoms with E-state index in [9.17, 15) is 0 Å². The number of pyridine rings is 1. The second kappa shape index (κ2) is 6.90. The van der Waals surface area contributed by atoms with Crippen molar-refractivity contribution < 1.29 is 0 Å². The van der Waals surface area contributed by atoms with Crippen molar-refractivity contribution >= 4 is 11.6 Å². The Morgan fingerprint density at radius 2 is 1.74 bits per heavy atom. The highest BCUT2D eigenvalue weighted by molar-refractivity contribution is 5.59. The Morgan fingerprint density at radius 1 is 0.889 bits per heavy atom. The van der Waals surface area contributed by atoms with Crippen molar-refractivity contribution in [2.24, 2.45) is 5.92 Å². The topological polar surface area (TPSA) is 79.7 Å². The average Bonchev–Trinajstić information content (AvgIpc) is 3.54. The number of hydrogen-bond donors (Lipinski definition) is 1. The molecular formula is C20H21N7. The number of hydrogen-bond acceptors (Lipinski definition) is 7. The number of nitrogens with zero attached hydrogens (tertiary/aromatic N) is 6. The number of anilines is 2. The highest BCUT2D eigenvalue weighted by Gasteiger charge is 2.28. The largest absolute Gasteiger partial charge is 0.368 e. The first kappa shape index (κ1) is 16.1. The van der Waals surface area contributed by atoms with E-state index in [1.165, 1.54) is 12.8 Å². The van der Waals surface area contributed by atoms with E-state index in [1.54, 1.807) is 12.4 Å². The molecule has 136 valence electrons. The van der Waals surface area contributed by atoms with E-state index in [0.29, 0.717) is 11.8 Å². The van der Waals surface area contributed by atoms with Crippen molar-refractivity contribution in [1.29, 1.82) is 0 Å². The first-order valence-corrected chi connectivity index (χ1v) is 9.42. The van der Waals surface area contributed by atoms with Crippen LogP contribution >= 0.6 is 0 Å². The number of nitrogens with one attached hydrogen (secondary N) is 1. The van der Waals surface area contributed by atoms with Gasteiger partial charge in [-0.3, -0.25) is 4.98 Å². The van der Waals surface area contributed by atoms with E-state index < -0.39 is 0 Å². The van der Waals surface area contributed by atoms with Crippen LogP contribution in [0, 0.1) is 5.92 Å². The lowest BCUT2D eigenvalue weighted by atomic mass is 10.0. The van der Waals surface area contributed by atoms with Crippen LogP contribution in [0.2, 0.25) is 0 Å². The van der Waals surface area contributed by atoms with Crippen molar-refractivity contribution in [3.05, 3.63) is 54.5 Å². The summed E-state index contributed by atoms with van der Waals surface area (Å²) in [4.78, 5) is 6.28. The Morgan fingerprint density at radius 3 is 2.41 bits per heavy atom. The van der Waals surface area contributed by atoms with Crippen LogP contribution < -0.4 is 10.2 Å². The highest BCUT2D eigenvalue weighted by Crippen LogP contribution is 2.38. The van der Waals surface area contributed by atoms with Gasteiger partial charge in [0.05, 0.1) is 11.4 Å². The van der Waals surface area contributed by atoms with E-state index in [-0.39, 0.29) is 0 Å². The Balaban J connectivity index is 1.12. The molecule has 1 aliphatic carbocycles. The fraction of sp³-hybridized carbons (Fsp3) is 0.350. The van der Waals surface area contributed by atoms with Crippen LogP contribution in [0.15, 0.2) is 48.8 Å². The third-order valence-electron chi connectivity index (χ3n) is 5.16. The highest BCUT2D eigenvalue weighted by atomic mass is 15.3. The molecule has 2 aliphatic rings. The van der Waals surface area contributed by atoms with E-state index in [4.69, 9.17) is 0 Å². The fourth-order valence-corrected chi connectivity index (χ4v) is 3.34. The van der Waals surface area contributed by atoms with Crippen molar-refractivity contribution in [1.82, 2.24) is 25.4 Å². The molecule has 7 nitrogen and oxygen atoms in total. The van der Waals surface area contributed by atoms with E-state index >= 15 is 0 Å². The molecule has 1 saturated carbocycles. The molecule has 7 heteroatoms. The first-order valence-electron chi connectivity index (χ1n) is 9.42. The summed E-state index contributed by atoms with van der Waals surface area (Å²) in [6.07, 6.45) is 6.04. The van der Waals surface area contributed by atoms with Crippen molar-refractivity contribution in [3.8, 4) is 11.3 Å². The molecule has 0 bridgehead atoms. The summed E-state index contributed by atoms with van der Waals surface area (Å²) in [6, 6.07) is 12.1. The van der Waals surface area contributed by atoms with Crippen LogP contribution in [0.3, 0.4) is 0 Å². The molecule has 1 aliphatic heterocycles. The molecule has 0 spiro atoms. The third-order valence-corrected chi connectivity index (χ3v) is 5.16. The van der Waals surface area contributed by atoms with Crippen LogP contribution in [0.5, 0.6) is 0 Å². The fourth-order valence-electron chi connectivity index (χ4n) is 3.34. The molecule has 1 N–H and O–H groups in total. The quantitative estimate of drug-likeness (QED) is 0.725. The van der Waals surface area contributed by atoms with Crippen LogP contribution in [0.4, 0.5) is 11.6 Å². The van der Waals surface area contributed by atoms with Crippen molar-refractivity contribution in [2.45, 2.75) is 18.8 Å². The average molecular weight is 359 g/mol. The molecule has 3 aromatic rings. The van der Waals surface area contributed by atoms with Gasteiger partial charge >= 0.3 is 0 Å². The van der Waals surface area contributed by atoms with Gasteiger partial charge in [-0.25, -0.2) is 0 Å². The van der Waals surface area contributed by atoms with Gasteiger partial charge in [0.15, 0.2) is 5.82 Å². The van der Waals surface area contributed by atoms with Gasteiger partial charge in [0.1, 0.15) is 5.82 Å². The Labute approximate surface area is 157 Å². The normalized spacial score (nSPS) is 16.8. The summed E-state index contributed by atoms with van der Waals surface area (Å²) in [5, 5.41) is 20.7. The minimum atomic E-state index is 0.580. The summed E-state index contributed by atoms with van der Waals surface area (Å²) in [7, 11) is 0. The lowest BCUT2D eigenvalue weighted by Gasteiger charge is -2.40. The molecule has 2 fully saturated rings. The lowest BCUT2D eigenvalue weighted by molar-refractivity contribution is 0.425. The molecule has 1 saturated heterocycles. The maximum Gasteiger partial charge on any atom is 0.151 e. The van der Waals surface area contributed by atoms with Gasteiger partial charge in [0.25, 0.3) is 0 Å². The van der Waals surface area contributed by atoms with Gasteiger partial charge in [0.2, 0.25) is 0 Å². The van der Waals surface area contributed by atoms with Gasteiger partial charge in [-0.2, -0.15) is 5.10 Å². The van der Waals surface area contributed by atoms with Crippen LogP contribution in [-0.4, -0.2) is 45.0 Å². The van der Waals surface area contributed by atoms with Crippen LogP contribution in [0.25, 0.3) is 11.3 Å². The molecule has 27 heavy (non-hydrogen) atoms. The Hall–Kier alpha value is -3.09.